The number of rotatable bonds is 7. The summed E-state index contributed by atoms with van der Waals surface area (Å²) in [4.78, 5) is 39.5. The van der Waals surface area contributed by atoms with Gasteiger partial charge in [-0.2, -0.15) is 0 Å². The van der Waals surface area contributed by atoms with E-state index in [1.54, 1.807) is 74.9 Å². The summed E-state index contributed by atoms with van der Waals surface area (Å²) < 4.78 is 10.4. The standard InChI is InChI=1S/C27H25NO5/c1-32-19-11-7-17(8-12-19)22(15-25(29)18-9-13-20(33-2)14-10-18)23-16-26(30)28-24-6-4-3-5-21(24)27(23)31/h3-14,22-23H,15-16H2,1-2H3,(H,28,30). The van der Waals surface area contributed by atoms with Crippen molar-refractivity contribution in [1.82, 2.24) is 0 Å². The van der Waals surface area contributed by atoms with E-state index in [1.807, 2.05) is 12.1 Å². The number of methoxy groups -OCH3 is 2. The fraction of sp³-hybridized carbons (Fsp3) is 0.222. The van der Waals surface area contributed by atoms with Crippen molar-refractivity contribution in [2.24, 2.45) is 5.92 Å². The van der Waals surface area contributed by atoms with Crippen molar-refractivity contribution in [1.29, 1.82) is 0 Å². The van der Waals surface area contributed by atoms with Crippen molar-refractivity contribution in [2.75, 3.05) is 19.5 Å². The van der Waals surface area contributed by atoms with E-state index in [2.05, 4.69) is 5.32 Å². The summed E-state index contributed by atoms with van der Waals surface area (Å²) in [7, 11) is 3.15. The van der Waals surface area contributed by atoms with E-state index in [0.29, 0.717) is 28.3 Å². The van der Waals surface area contributed by atoms with Crippen LogP contribution in [0.4, 0.5) is 5.69 Å². The van der Waals surface area contributed by atoms with Crippen LogP contribution in [-0.4, -0.2) is 31.7 Å². The molecule has 6 heteroatoms. The molecule has 0 aromatic heterocycles. The number of benzene rings is 3. The number of ether oxygens (including phenoxy) is 2. The van der Waals surface area contributed by atoms with Gasteiger partial charge in [-0.1, -0.05) is 24.3 Å². The maximum absolute atomic E-state index is 13.6. The number of carbonyl (C=O) groups is 3. The first kappa shape index (κ1) is 22.3. The molecule has 168 valence electrons. The van der Waals surface area contributed by atoms with Gasteiger partial charge in [0, 0.05) is 35.8 Å². The molecule has 0 saturated carbocycles. The highest BCUT2D eigenvalue weighted by Crippen LogP contribution is 2.38. The second kappa shape index (κ2) is 9.69. The van der Waals surface area contributed by atoms with E-state index in [9.17, 15) is 14.4 Å². The third-order valence-corrected chi connectivity index (χ3v) is 6.06. The number of carbonyl (C=O) groups excluding carboxylic acids is 3. The average molecular weight is 443 g/mol. The Balaban J connectivity index is 1.72. The van der Waals surface area contributed by atoms with Gasteiger partial charge in [-0.05, 0) is 54.1 Å². The fourth-order valence-electron chi connectivity index (χ4n) is 4.26. The Bertz CT molecular complexity index is 1170. The van der Waals surface area contributed by atoms with Crippen LogP contribution >= 0.6 is 0 Å². The third kappa shape index (κ3) is 4.80. The first-order valence-electron chi connectivity index (χ1n) is 10.7. The molecule has 4 rings (SSSR count). The number of hydrogen-bond donors (Lipinski definition) is 1. The maximum atomic E-state index is 13.6. The molecule has 2 unspecified atom stereocenters. The van der Waals surface area contributed by atoms with E-state index in [1.165, 1.54) is 0 Å². The molecule has 0 aliphatic carbocycles. The van der Waals surface area contributed by atoms with Crippen molar-refractivity contribution in [3.05, 3.63) is 89.5 Å². The van der Waals surface area contributed by atoms with Crippen LogP contribution in [0.3, 0.4) is 0 Å². The fourth-order valence-corrected chi connectivity index (χ4v) is 4.26. The van der Waals surface area contributed by atoms with E-state index in [0.717, 1.165) is 5.56 Å². The zero-order valence-electron chi connectivity index (χ0n) is 18.5. The van der Waals surface area contributed by atoms with Gasteiger partial charge >= 0.3 is 0 Å². The van der Waals surface area contributed by atoms with E-state index in [4.69, 9.17) is 9.47 Å². The number of para-hydroxylation sites is 1. The Morgan fingerprint density at radius 1 is 0.909 bits per heavy atom. The first-order chi connectivity index (χ1) is 16.0. The predicted octanol–water partition coefficient (Wildman–Crippen LogP) is 4.90. The van der Waals surface area contributed by atoms with Crippen molar-refractivity contribution >= 4 is 23.2 Å². The summed E-state index contributed by atoms with van der Waals surface area (Å²) in [5.74, 6) is -0.316. The summed E-state index contributed by atoms with van der Waals surface area (Å²) in [6.45, 7) is 0. The molecule has 0 bridgehead atoms. The largest absolute Gasteiger partial charge is 0.497 e. The number of anilines is 1. The third-order valence-electron chi connectivity index (χ3n) is 6.06. The average Bonchev–Trinajstić information content (AvgIpc) is 2.98. The molecule has 0 spiro atoms. The van der Waals surface area contributed by atoms with Crippen LogP contribution in [0.15, 0.2) is 72.8 Å². The number of fused-ring (bicyclic) bond motifs is 1. The first-order valence-corrected chi connectivity index (χ1v) is 10.7. The van der Waals surface area contributed by atoms with E-state index >= 15 is 0 Å². The molecular formula is C27H25NO5. The summed E-state index contributed by atoms with van der Waals surface area (Å²) >= 11 is 0. The predicted molar refractivity (Wildman–Crippen MR) is 125 cm³/mol. The molecule has 6 nitrogen and oxygen atoms in total. The van der Waals surface area contributed by atoms with Gasteiger partial charge < -0.3 is 14.8 Å². The lowest BCUT2D eigenvalue weighted by atomic mass is 9.76. The minimum absolute atomic E-state index is 0.000101. The van der Waals surface area contributed by atoms with Crippen molar-refractivity contribution in [2.45, 2.75) is 18.8 Å². The highest BCUT2D eigenvalue weighted by atomic mass is 16.5. The SMILES string of the molecule is COc1ccc(C(=O)CC(c2ccc(OC)cc2)C2CC(=O)Nc3ccccc3C2=O)cc1. The number of Topliss-reactive ketones (excluding diaryl/α,β-unsaturated/α-hetero) is 2. The van der Waals surface area contributed by atoms with Gasteiger partial charge in [-0.15, -0.1) is 0 Å². The molecule has 0 saturated heterocycles. The second-order valence-electron chi connectivity index (χ2n) is 8.00. The molecule has 1 amide bonds. The minimum Gasteiger partial charge on any atom is -0.497 e. The molecular weight excluding hydrogens is 418 g/mol. The normalized spacial score (nSPS) is 16.2. The van der Waals surface area contributed by atoms with Gasteiger partial charge in [-0.25, -0.2) is 0 Å². The zero-order valence-corrected chi connectivity index (χ0v) is 18.5. The monoisotopic (exact) mass is 443 g/mol. The molecule has 33 heavy (non-hydrogen) atoms. The van der Waals surface area contributed by atoms with Gasteiger partial charge in [0.15, 0.2) is 11.6 Å². The van der Waals surface area contributed by atoms with Crippen molar-refractivity contribution in [3.63, 3.8) is 0 Å². The van der Waals surface area contributed by atoms with Crippen molar-refractivity contribution in [3.8, 4) is 11.5 Å². The van der Waals surface area contributed by atoms with Crippen LogP contribution in [0.25, 0.3) is 0 Å². The van der Waals surface area contributed by atoms with Crippen LogP contribution in [0.1, 0.15) is 45.0 Å². The molecule has 0 radical (unpaired) electrons. The van der Waals surface area contributed by atoms with E-state index < -0.39 is 11.8 Å². The Morgan fingerprint density at radius 3 is 2.15 bits per heavy atom. The zero-order chi connectivity index (χ0) is 23.4. The smallest absolute Gasteiger partial charge is 0.225 e. The highest BCUT2D eigenvalue weighted by molar-refractivity contribution is 6.11. The second-order valence-corrected chi connectivity index (χ2v) is 8.00. The quantitative estimate of drug-likeness (QED) is 0.525. The Morgan fingerprint density at radius 2 is 1.52 bits per heavy atom. The molecule has 3 aromatic rings. The number of hydrogen-bond acceptors (Lipinski definition) is 5. The van der Waals surface area contributed by atoms with Gasteiger partial charge in [0.1, 0.15) is 11.5 Å². The summed E-state index contributed by atoms with van der Waals surface area (Å²) in [5.41, 5.74) is 2.30. The number of amides is 1. The molecule has 1 aliphatic rings. The number of ketones is 2. The van der Waals surface area contributed by atoms with Crippen LogP contribution in [0.2, 0.25) is 0 Å². The molecule has 2 atom stereocenters. The van der Waals surface area contributed by atoms with Crippen LogP contribution in [0, 0.1) is 5.92 Å². The lowest BCUT2D eigenvalue weighted by Gasteiger charge is -2.25. The molecule has 1 heterocycles. The molecule has 1 N–H and O–H groups in total. The maximum Gasteiger partial charge on any atom is 0.225 e. The summed E-state index contributed by atoms with van der Waals surface area (Å²) in [6.07, 6.45) is 0.0879. The summed E-state index contributed by atoms with van der Waals surface area (Å²) in [6, 6.07) is 21.2. The number of nitrogens with one attached hydrogen (secondary N) is 1. The Labute approximate surface area is 192 Å². The lowest BCUT2D eigenvalue weighted by Crippen LogP contribution is -2.26. The molecule has 1 aliphatic heterocycles. The summed E-state index contributed by atoms with van der Waals surface area (Å²) in [5, 5.41) is 2.83. The van der Waals surface area contributed by atoms with Gasteiger partial charge in [0.05, 0.1) is 19.9 Å². The Hall–Kier alpha value is -3.93. The van der Waals surface area contributed by atoms with Gasteiger partial charge in [0.2, 0.25) is 5.91 Å². The molecule has 0 fully saturated rings. The Kier molecular flexibility index (Phi) is 6.54. The van der Waals surface area contributed by atoms with E-state index in [-0.39, 0.29) is 30.3 Å². The van der Waals surface area contributed by atoms with Crippen LogP contribution < -0.4 is 14.8 Å². The lowest BCUT2D eigenvalue weighted by molar-refractivity contribution is -0.116. The van der Waals surface area contributed by atoms with Gasteiger partial charge in [-0.3, -0.25) is 14.4 Å². The van der Waals surface area contributed by atoms with Crippen LogP contribution in [-0.2, 0) is 4.79 Å². The molecule has 3 aromatic carbocycles. The van der Waals surface area contributed by atoms with Crippen molar-refractivity contribution < 1.29 is 23.9 Å². The van der Waals surface area contributed by atoms with Crippen LogP contribution in [0.5, 0.6) is 11.5 Å². The highest BCUT2D eigenvalue weighted by Gasteiger charge is 2.37. The topological polar surface area (TPSA) is 81.7 Å². The minimum atomic E-state index is -0.677. The van der Waals surface area contributed by atoms with Gasteiger partial charge in [0.25, 0.3) is 0 Å².